The van der Waals surface area contributed by atoms with Gasteiger partial charge in [-0.25, -0.2) is 4.79 Å². The summed E-state index contributed by atoms with van der Waals surface area (Å²) in [6.07, 6.45) is 2.98. The maximum Gasteiger partial charge on any atom is 0.494 e. The van der Waals surface area contributed by atoms with E-state index in [1.54, 1.807) is 0 Å². The van der Waals surface area contributed by atoms with Crippen LogP contribution in [0.1, 0.15) is 27.7 Å². The monoisotopic (exact) mass is 290 g/mol. The Bertz CT molecular complexity index is 574. The zero-order chi connectivity index (χ0) is 16.0. The molecule has 1 fully saturated rings. The minimum atomic E-state index is -0.678. The van der Waals surface area contributed by atoms with Gasteiger partial charge in [-0.2, -0.15) is 0 Å². The lowest BCUT2D eigenvalue weighted by Crippen LogP contribution is -2.41. The molecule has 1 heterocycles. The molecule has 0 amide bonds. The Morgan fingerprint density at radius 1 is 1.14 bits per heavy atom. The molecular formula is C14H19BN2O4. The molecule has 6 nitrogen and oxygen atoms in total. The average molecular weight is 290 g/mol. The van der Waals surface area contributed by atoms with Crippen LogP contribution in [0.4, 0.5) is 0 Å². The molecule has 0 saturated carbocycles. The lowest BCUT2D eigenvalue weighted by Gasteiger charge is -2.32. The van der Waals surface area contributed by atoms with Crippen LogP contribution >= 0.6 is 0 Å². The highest BCUT2D eigenvalue weighted by Gasteiger charge is 2.52. The first-order chi connectivity index (χ1) is 9.59. The van der Waals surface area contributed by atoms with Gasteiger partial charge in [0.2, 0.25) is 0 Å². The molecule has 0 unspecified atom stereocenters. The van der Waals surface area contributed by atoms with Crippen LogP contribution in [0.15, 0.2) is 23.2 Å². The van der Waals surface area contributed by atoms with E-state index in [0.29, 0.717) is 5.47 Å². The van der Waals surface area contributed by atoms with Gasteiger partial charge in [-0.3, -0.25) is 10.8 Å². The zero-order valence-corrected chi connectivity index (χ0v) is 12.9. The molecule has 0 aromatic carbocycles. The van der Waals surface area contributed by atoms with Crippen LogP contribution in [0, 0.1) is 10.8 Å². The van der Waals surface area contributed by atoms with Crippen LogP contribution in [0.5, 0.6) is 0 Å². The Kier molecular flexibility index (Phi) is 3.67. The number of esters is 1. The highest BCUT2D eigenvalue weighted by molar-refractivity contribution is 6.62. The van der Waals surface area contributed by atoms with Gasteiger partial charge < -0.3 is 14.0 Å². The summed E-state index contributed by atoms with van der Waals surface area (Å²) in [5.74, 6) is -0.646. The zero-order valence-electron chi connectivity index (χ0n) is 12.9. The van der Waals surface area contributed by atoms with Gasteiger partial charge in [0.25, 0.3) is 0 Å². The lowest BCUT2D eigenvalue weighted by molar-refractivity contribution is -0.135. The predicted molar refractivity (Wildman–Crippen MR) is 79.7 cm³/mol. The van der Waals surface area contributed by atoms with Crippen molar-refractivity contribution in [2.24, 2.45) is 0 Å². The number of rotatable bonds is 2. The van der Waals surface area contributed by atoms with Crippen LogP contribution < -0.4 is 0 Å². The van der Waals surface area contributed by atoms with E-state index in [1.807, 2.05) is 27.7 Å². The van der Waals surface area contributed by atoms with Crippen molar-refractivity contribution in [2.75, 3.05) is 7.11 Å². The van der Waals surface area contributed by atoms with E-state index in [0.717, 1.165) is 0 Å². The summed E-state index contributed by atoms with van der Waals surface area (Å²) in [4.78, 5) is 11.7. The van der Waals surface area contributed by atoms with Crippen LogP contribution in [0.3, 0.4) is 0 Å². The molecule has 7 heteroatoms. The van der Waals surface area contributed by atoms with Crippen molar-refractivity contribution in [3.8, 4) is 0 Å². The van der Waals surface area contributed by atoms with Gasteiger partial charge in [-0.15, -0.1) is 0 Å². The topological polar surface area (TPSA) is 92.5 Å². The van der Waals surface area contributed by atoms with Gasteiger partial charge >= 0.3 is 13.1 Å². The molecule has 0 atom stereocenters. The molecule has 0 aromatic heterocycles. The fourth-order valence-corrected chi connectivity index (χ4v) is 2.05. The van der Waals surface area contributed by atoms with E-state index in [1.165, 1.54) is 19.3 Å². The minimum absolute atomic E-state index is 0.0368. The third-order valence-electron chi connectivity index (χ3n) is 4.09. The van der Waals surface area contributed by atoms with Gasteiger partial charge in [-0.05, 0) is 45.3 Å². The molecule has 0 aromatic rings. The minimum Gasteiger partial charge on any atom is -0.465 e. The first-order valence-corrected chi connectivity index (χ1v) is 6.64. The lowest BCUT2D eigenvalue weighted by atomic mass is 9.73. The highest BCUT2D eigenvalue weighted by Crippen LogP contribution is 2.39. The van der Waals surface area contributed by atoms with Crippen LogP contribution in [-0.4, -0.2) is 42.8 Å². The van der Waals surface area contributed by atoms with E-state index < -0.39 is 24.3 Å². The van der Waals surface area contributed by atoms with Crippen LogP contribution in [0.2, 0.25) is 0 Å². The second-order valence-electron chi connectivity index (χ2n) is 6.07. The van der Waals surface area contributed by atoms with Crippen molar-refractivity contribution in [1.29, 1.82) is 10.8 Å². The summed E-state index contributed by atoms with van der Waals surface area (Å²) < 4.78 is 16.4. The molecule has 21 heavy (non-hydrogen) atoms. The van der Waals surface area contributed by atoms with Crippen molar-refractivity contribution in [3.63, 3.8) is 0 Å². The number of methoxy groups -OCH3 is 1. The Labute approximate surface area is 124 Å². The van der Waals surface area contributed by atoms with Crippen molar-refractivity contribution in [3.05, 3.63) is 23.2 Å². The molecular weight excluding hydrogens is 271 g/mol. The molecule has 2 N–H and O–H groups in total. The standard InChI is InChI=1S/C14H19BN2O4/c1-13(2)14(3,4)21-15(20-13)8-6-9(12(18)19-5)11(17)10(16)7-8/h6-7,16-17H,1-5H3. The molecule has 0 bridgehead atoms. The third-order valence-corrected chi connectivity index (χ3v) is 4.09. The number of hydrogen-bond acceptors (Lipinski definition) is 6. The second kappa shape index (κ2) is 4.93. The number of allylic oxidation sites excluding steroid dienone is 3. The first-order valence-electron chi connectivity index (χ1n) is 6.64. The smallest absolute Gasteiger partial charge is 0.465 e. The third kappa shape index (κ3) is 2.58. The first kappa shape index (κ1) is 15.7. The summed E-state index contributed by atoms with van der Waals surface area (Å²) in [7, 11) is 0.565. The molecule has 0 spiro atoms. The maximum atomic E-state index is 11.7. The number of nitrogens with one attached hydrogen (secondary N) is 2. The Hall–Kier alpha value is -1.73. The maximum absolute atomic E-state index is 11.7. The number of carbonyl (C=O) groups excluding carboxylic acids is 1. The van der Waals surface area contributed by atoms with Crippen LogP contribution in [-0.2, 0) is 18.8 Å². The van der Waals surface area contributed by atoms with Crippen molar-refractivity contribution < 1.29 is 18.8 Å². The van der Waals surface area contributed by atoms with E-state index in [2.05, 4.69) is 4.74 Å². The van der Waals surface area contributed by atoms with Crippen molar-refractivity contribution in [1.82, 2.24) is 0 Å². The van der Waals surface area contributed by atoms with E-state index >= 15 is 0 Å². The molecule has 0 radical (unpaired) electrons. The number of ether oxygens (including phenoxy) is 1. The fraction of sp³-hybridized carbons (Fsp3) is 0.500. The molecule has 1 aliphatic heterocycles. The normalized spacial score (nSPS) is 23.8. The van der Waals surface area contributed by atoms with Gasteiger partial charge in [0.1, 0.15) is 0 Å². The van der Waals surface area contributed by atoms with E-state index in [-0.39, 0.29) is 17.0 Å². The summed E-state index contributed by atoms with van der Waals surface area (Å²) in [6.45, 7) is 7.70. The van der Waals surface area contributed by atoms with Gasteiger partial charge in [-0.1, -0.05) is 0 Å². The van der Waals surface area contributed by atoms with Gasteiger partial charge in [0, 0.05) is 0 Å². The molecule has 1 saturated heterocycles. The Balaban J connectivity index is 2.35. The number of carbonyl (C=O) groups is 1. The van der Waals surface area contributed by atoms with Crippen molar-refractivity contribution >= 4 is 24.5 Å². The fourth-order valence-electron chi connectivity index (χ4n) is 2.05. The average Bonchev–Trinajstić information content (AvgIpc) is 2.60. The molecule has 1 aliphatic carbocycles. The summed E-state index contributed by atoms with van der Waals surface area (Å²) in [5, 5.41) is 15.6. The highest BCUT2D eigenvalue weighted by atomic mass is 16.7. The van der Waals surface area contributed by atoms with Gasteiger partial charge in [0.15, 0.2) is 0 Å². The molecule has 2 aliphatic rings. The molecule has 112 valence electrons. The Morgan fingerprint density at radius 3 is 2.14 bits per heavy atom. The van der Waals surface area contributed by atoms with E-state index in [4.69, 9.17) is 20.1 Å². The predicted octanol–water partition coefficient (Wildman–Crippen LogP) is 1.70. The second-order valence-corrected chi connectivity index (χ2v) is 6.07. The quantitative estimate of drug-likeness (QED) is 0.460. The SMILES string of the molecule is COC(=O)C1=CC(B2OC(C)(C)C(C)(C)O2)=CC(=N)C1=N. The summed E-state index contributed by atoms with van der Waals surface area (Å²) >= 11 is 0. The number of hydrogen-bond donors (Lipinski definition) is 2. The molecule has 2 rings (SSSR count). The van der Waals surface area contributed by atoms with E-state index in [9.17, 15) is 4.79 Å². The van der Waals surface area contributed by atoms with Gasteiger partial charge in [0.05, 0.1) is 35.3 Å². The van der Waals surface area contributed by atoms with Crippen LogP contribution in [0.25, 0.3) is 0 Å². The summed E-state index contributed by atoms with van der Waals surface area (Å²) in [5.41, 5.74) is -0.676. The Morgan fingerprint density at radius 2 is 1.67 bits per heavy atom. The largest absolute Gasteiger partial charge is 0.494 e. The van der Waals surface area contributed by atoms with Crippen molar-refractivity contribution in [2.45, 2.75) is 38.9 Å². The summed E-state index contributed by atoms with van der Waals surface area (Å²) in [6, 6.07) is 0.